The molecule has 1 aliphatic rings. The summed E-state index contributed by atoms with van der Waals surface area (Å²) in [6.07, 6.45) is -1.26. The molecule has 0 bridgehead atoms. The Morgan fingerprint density at radius 3 is 2.84 bits per heavy atom. The van der Waals surface area contributed by atoms with Gasteiger partial charge in [0.2, 0.25) is 0 Å². The number of anilines is 1. The minimum absolute atomic E-state index is 0.0384. The minimum Gasteiger partial charge on any atom is -0.365 e. The van der Waals surface area contributed by atoms with E-state index >= 15 is 0 Å². The lowest BCUT2D eigenvalue weighted by Gasteiger charge is -2.31. The maximum absolute atomic E-state index is 13.0. The standard InChI is InChI=1S/C12H15BrF3N3/c1-7-10(3-2-4-17-7)19-11-9(12(14,15)16)5-8(13)6-18-11/h5-7,10,17H,2-4H2,1H3,(H,18,19). The van der Waals surface area contributed by atoms with Crippen LogP contribution in [-0.2, 0) is 6.18 Å². The van der Waals surface area contributed by atoms with Gasteiger partial charge < -0.3 is 10.6 Å². The Hall–Kier alpha value is -0.820. The summed E-state index contributed by atoms with van der Waals surface area (Å²) >= 11 is 3.02. The Balaban J connectivity index is 2.24. The van der Waals surface area contributed by atoms with Crippen molar-refractivity contribution >= 4 is 21.7 Å². The first-order valence-electron chi connectivity index (χ1n) is 6.10. The van der Waals surface area contributed by atoms with Gasteiger partial charge >= 0.3 is 6.18 Å². The molecule has 106 valence electrons. The van der Waals surface area contributed by atoms with Crippen LogP contribution in [0.3, 0.4) is 0 Å². The molecule has 1 saturated heterocycles. The lowest BCUT2D eigenvalue weighted by Crippen LogP contribution is -2.46. The maximum Gasteiger partial charge on any atom is 0.419 e. The summed E-state index contributed by atoms with van der Waals surface area (Å²) in [7, 11) is 0. The number of hydrogen-bond acceptors (Lipinski definition) is 3. The van der Waals surface area contributed by atoms with Crippen molar-refractivity contribution < 1.29 is 13.2 Å². The van der Waals surface area contributed by atoms with E-state index in [1.165, 1.54) is 6.20 Å². The van der Waals surface area contributed by atoms with Gasteiger partial charge in [-0.2, -0.15) is 13.2 Å². The van der Waals surface area contributed by atoms with Gasteiger partial charge in [0.25, 0.3) is 0 Å². The summed E-state index contributed by atoms with van der Waals surface area (Å²) in [6.45, 7) is 2.86. The smallest absolute Gasteiger partial charge is 0.365 e. The fraction of sp³-hybridized carbons (Fsp3) is 0.583. The lowest BCUT2D eigenvalue weighted by molar-refractivity contribution is -0.137. The summed E-state index contributed by atoms with van der Waals surface area (Å²) in [6, 6.07) is 1.14. The topological polar surface area (TPSA) is 37.0 Å². The van der Waals surface area contributed by atoms with Gasteiger partial charge in [0.15, 0.2) is 0 Å². The van der Waals surface area contributed by atoms with Gasteiger partial charge in [-0.25, -0.2) is 4.98 Å². The molecule has 0 saturated carbocycles. The van der Waals surface area contributed by atoms with Gasteiger partial charge in [-0.3, -0.25) is 0 Å². The first-order valence-corrected chi connectivity index (χ1v) is 6.90. The van der Waals surface area contributed by atoms with E-state index in [2.05, 4.69) is 31.5 Å². The lowest BCUT2D eigenvalue weighted by atomic mass is 9.99. The zero-order chi connectivity index (χ0) is 14.0. The predicted molar refractivity (Wildman–Crippen MR) is 71.0 cm³/mol. The monoisotopic (exact) mass is 337 g/mol. The number of halogens is 4. The van der Waals surface area contributed by atoms with E-state index in [-0.39, 0.29) is 17.9 Å². The van der Waals surface area contributed by atoms with Gasteiger partial charge in [0.05, 0.1) is 5.56 Å². The van der Waals surface area contributed by atoms with Crippen LogP contribution in [0.2, 0.25) is 0 Å². The molecule has 2 rings (SSSR count). The molecule has 1 aromatic rings. The molecule has 0 amide bonds. The van der Waals surface area contributed by atoms with Crippen LogP contribution in [0.15, 0.2) is 16.7 Å². The second kappa shape index (κ2) is 5.66. The fourth-order valence-corrected chi connectivity index (χ4v) is 2.52. The summed E-state index contributed by atoms with van der Waals surface area (Å²) in [5, 5.41) is 6.16. The molecular formula is C12H15BrF3N3. The Kier molecular flexibility index (Phi) is 4.35. The van der Waals surface area contributed by atoms with Crippen molar-refractivity contribution in [3.05, 3.63) is 22.3 Å². The Bertz CT molecular complexity index is 450. The number of aromatic nitrogens is 1. The van der Waals surface area contributed by atoms with E-state index < -0.39 is 11.7 Å². The minimum atomic E-state index is -4.41. The van der Waals surface area contributed by atoms with Crippen LogP contribution in [0.1, 0.15) is 25.3 Å². The third-order valence-electron chi connectivity index (χ3n) is 3.24. The molecule has 1 aromatic heterocycles. The van der Waals surface area contributed by atoms with Crippen LogP contribution in [0.4, 0.5) is 19.0 Å². The highest BCUT2D eigenvalue weighted by Crippen LogP contribution is 2.35. The van der Waals surface area contributed by atoms with Gasteiger partial charge in [-0.15, -0.1) is 0 Å². The largest absolute Gasteiger partial charge is 0.419 e. The van der Waals surface area contributed by atoms with E-state index in [1.807, 2.05) is 6.92 Å². The van der Waals surface area contributed by atoms with Crippen molar-refractivity contribution in [3.63, 3.8) is 0 Å². The van der Waals surface area contributed by atoms with Crippen LogP contribution >= 0.6 is 15.9 Å². The molecule has 3 nitrogen and oxygen atoms in total. The molecule has 2 unspecified atom stereocenters. The van der Waals surface area contributed by atoms with E-state index in [0.717, 1.165) is 25.5 Å². The number of pyridine rings is 1. The SMILES string of the molecule is CC1NCCCC1Nc1ncc(Br)cc1C(F)(F)F. The number of nitrogens with zero attached hydrogens (tertiary/aromatic N) is 1. The summed E-state index contributed by atoms with van der Waals surface area (Å²) in [5.41, 5.74) is -0.736. The van der Waals surface area contributed by atoms with Gasteiger partial charge in [-0.1, -0.05) is 0 Å². The summed E-state index contributed by atoms with van der Waals surface area (Å²) < 4.78 is 39.2. The molecule has 0 aromatic carbocycles. The molecule has 0 spiro atoms. The van der Waals surface area contributed by atoms with Crippen molar-refractivity contribution in [3.8, 4) is 0 Å². The number of rotatable bonds is 2. The quantitative estimate of drug-likeness (QED) is 0.868. The second-order valence-electron chi connectivity index (χ2n) is 4.68. The Morgan fingerprint density at radius 1 is 1.47 bits per heavy atom. The molecule has 0 aliphatic carbocycles. The van der Waals surface area contributed by atoms with E-state index in [4.69, 9.17) is 0 Å². The first-order chi connectivity index (χ1) is 8.88. The van der Waals surface area contributed by atoms with Gasteiger partial charge in [-0.05, 0) is 48.3 Å². The van der Waals surface area contributed by atoms with Crippen molar-refractivity contribution in [2.45, 2.75) is 38.0 Å². The van der Waals surface area contributed by atoms with Crippen molar-refractivity contribution in [2.24, 2.45) is 0 Å². The molecule has 19 heavy (non-hydrogen) atoms. The van der Waals surface area contributed by atoms with Crippen LogP contribution in [-0.4, -0.2) is 23.6 Å². The molecule has 1 aliphatic heterocycles. The third kappa shape index (κ3) is 3.60. The van der Waals surface area contributed by atoms with Crippen molar-refractivity contribution in [2.75, 3.05) is 11.9 Å². The predicted octanol–water partition coefficient (Wildman–Crippen LogP) is 3.42. The zero-order valence-electron chi connectivity index (χ0n) is 10.4. The summed E-state index contributed by atoms with van der Waals surface area (Å²) in [4.78, 5) is 3.87. The molecule has 2 N–H and O–H groups in total. The van der Waals surface area contributed by atoms with E-state index in [9.17, 15) is 13.2 Å². The van der Waals surface area contributed by atoms with Gasteiger partial charge in [0, 0.05) is 22.8 Å². The second-order valence-corrected chi connectivity index (χ2v) is 5.60. The first kappa shape index (κ1) is 14.6. The zero-order valence-corrected chi connectivity index (χ0v) is 12.0. The average Bonchev–Trinajstić information content (AvgIpc) is 2.33. The number of nitrogens with one attached hydrogen (secondary N) is 2. The van der Waals surface area contributed by atoms with Crippen LogP contribution < -0.4 is 10.6 Å². The molecule has 7 heteroatoms. The average molecular weight is 338 g/mol. The highest BCUT2D eigenvalue weighted by molar-refractivity contribution is 9.10. The number of hydrogen-bond donors (Lipinski definition) is 2. The third-order valence-corrected chi connectivity index (χ3v) is 3.68. The van der Waals surface area contributed by atoms with Crippen molar-refractivity contribution in [1.29, 1.82) is 0 Å². The summed E-state index contributed by atoms with van der Waals surface area (Å²) in [5.74, 6) is -0.101. The highest BCUT2D eigenvalue weighted by atomic mass is 79.9. The number of alkyl halides is 3. The molecule has 2 heterocycles. The van der Waals surface area contributed by atoms with E-state index in [0.29, 0.717) is 4.47 Å². The normalized spacial score (nSPS) is 24.3. The molecule has 2 atom stereocenters. The van der Waals surface area contributed by atoms with Crippen LogP contribution in [0, 0.1) is 0 Å². The fourth-order valence-electron chi connectivity index (χ4n) is 2.19. The molecule has 1 fully saturated rings. The van der Waals surface area contributed by atoms with Gasteiger partial charge in [0.1, 0.15) is 5.82 Å². The molecule has 0 radical (unpaired) electrons. The van der Waals surface area contributed by atoms with E-state index in [1.54, 1.807) is 0 Å². The van der Waals surface area contributed by atoms with Crippen LogP contribution in [0.5, 0.6) is 0 Å². The van der Waals surface area contributed by atoms with Crippen molar-refractivity contribution in [1.82, 2.24) is 10.3 Å². The molecular weight excluding hydrogens is 323 g/mol. The van der Waals surface area contributed by atoms with Crippen LogP contribution in [0.25, 0.3) is 0 Å². The maximum atomic E-state index is 13.0. The highest BCUT2D eigenvalue weighted by Gasteiger charge is 2.35. The Labute approximate surface area is 118 Å². The number of piperidine rings is 1. The Morgan fingerprint density at radius 2 is 2.21 bits per heavy atom.